The molecule has 21 heavy (non-hydrogen) atoms. The molecule has 0 saturated carbocycles. The number of hydrogen-bond donors (Lipinski definition) is 1. The zero-order valence-corrected chi connectivity index (χ0v) is 11.7. The Kier molecular flexibility index (Phi) is 3.44. The van der Waals surface area contributed by atoms with E-state index < -0.39 is 5.97 Å². The topological polar surface area (TPSA) is 59.4 Å². The molecule has 2 aromatic rings. The molecule has 0 radical (unpaired) electrons. The van der Waals surface area contributed by atoms with Crippen molar-refractivity contribution in [2.45, 2.75) is 13.3 Å². The molecule has 0 bridgehead atoms. The Morgan fingerprint density at radius 1 is 1.38 bits per heavy atom. The van der Waals surface area contributed by atoms with Gasteiger partial charge in [-0.15, -0.1) is 0 Å². The van der Waals surface area contributed by atoms with Gasteiger partial charge in [-0.2, -0.15) is 0 Å². The largest absolute Gasteiger partial charge is 0.489 e. The van der Waals surface area contributed by atoms with Crippen LogP contribution in [-0.4, -0.2) is 22.7 Å². The molecule has 4 heteroatoms. The Balaban J connectivity index is 1.73. The van der Waals surface area contributed by atoms with Gasteiger partial charge in [-0.3, -0.25) is 4.98 Å². The van der Waals surface area contributed by atoms with Gasteiger partial charge >= 0.3 is 5.97 Å². The van der Waals surface area contributed by atoms with Gasteiger partial charge in [0.15, 0.2) is 0 Å². The Hall–Kier alpha value is -2.62. The molecule has 106 valence electrons. The van der Waals surface area contributed by atoms with Gasteiger partial charge in [0.1, 0.15) is 12.4 Å². The van der Waals surface area contributed by atoms with E-state index in [9.17, 15) is 9.90 Å². The molecule has 1 heterocycles. The third-order valence-electron chi connectivity index (χ3n) is 3.48. The zero-order chi connectivity index (χ0) is 14.8. The van der Waals surface area contributed by atoms with Crippen LogP contribution in [0.4, 0.5) is 0 Å². The third-order valence-corrected chi connectivity index (χ3v) is 3.48. The minimum Gasteiger partial charge on any atom is -0.489 e. The van der Waals surface area contributed by atoms with Crippen LogP contribution >= 0.6 is 0 Å². The monoisotopic (exact) mass is 281 g/mol. The second-order valence-corrected chi connectivity index (χ2v) is 5.11. The van der Waals surface area contributed by atoms with Gasteiger partial charge in [0, 0.05) is 12.6 Å². The summed E-state index contributed by atoms with van der Waals surface area (Å²) in [4.78, 5) is 15.4. The number of carboxylic acid groups (broad SMARTS) is 1. The van der Waals surface area contributed by atoms with Gasteiger partial charge in [-0.25, -0.2) is 4.79 Å². The van der Waals surface area contributed by atoms with Crippen LogP contribution in [0.25, 0.3) is 6.08 Å². The number of fused-ring (bicyclic) bond motifs is 1. The highest BCUT2D eigenvalue weighted by molar-refractivity contribution is 5.91. The minimum atomic E-state index is -0.914. The SMILES string of the molecule is Cc1cccc(OCC2=Cc3nccc(C(=O)O)c3C2)c1. The number of rotatable bonds is 4. The maximum atomic E-state index is 11.2. The summed E-state index contributed by atoms with van der Waals surface area (Å²) in [5.74, 6) is -0.0961. The van der Waals surface area contributed by atoms with Crippen LogP contribution in [-0.2, 0) is 6.42 Å². The van der Waals surface area contributed by atoms with Crippen LogP contribution in [0.2, 0.25) is 0 Å². The summed E-state index contributed by atoms with van der Waals surface area (Å²) in [6, 6.07) is 9.40. The third kappa shape index (κ3) is 2.79. The van der Waals surface area contributed by atoms with Crippen LogP contribution in [0.15, 0.2) is 42.1 Å². The number of aromatic carboxylic acids is 1. The summed E-state index contributed by atoms with van der Waals surface area (Å²) in [5.41, 5.74) is 4.01. The lowest BCUT2D eigenvalue weighted by Crippen LogP contribution is -2.05. The lowest BCUT2D eigenvalue weighted by molar-refractivity contribution is 0.0695. The highest BCUT2D eigenvalue weighted by atomic mass is 16.5. The molecule has 1 aromatic carbocycles. The molecule has 0 amide bonds. The van der Waals surface area contributed by atoms with Crippen LogP contribution in [0.3, 0.4) is 0 Å². The highest BCUT2D eigenvalue weighted by Gasteiger charge is 2.20. The van der Waals surface area contributed by atoms with E-state index in [1.165, 1.54) is 6.20 Å². The first-order valence-electron chi connectivity index (χ1n) is 6.73. The molecule has 3 rings (SSSR count). The van der Waals surface area contributed by atoms with Crippen LogP contribution in [0.1, 0.15) is 27.2 Å². The summed E-state index contributed by atoms with van der Waals surface area (Å²) in [5, 5.41) is 9.19. The maximum absolute atomic E-state index is 11.2. The molecule has 0 aliphatic heterocycles. The molecule has 0 saturated heterocycles. The molecule has 0 atom stereocenters. The normalized spacial score (nSPS) is 12.7. The lowest BCUT2D eigenvalue weighted by Gasteiger charge is -2.08. The summed E-state index contributed by atoms with van der Waals surface area (Å²) in [6.07, 6.45) is 4.03. The number of hydrogen-bond acceptors (Lipinski definition) is 3. The number of carboxylic acids is 1. The van der Waals surface area contributed by atoms with Crippen molar-refractivity contribution in [3.8, 4) is 5.75 Å². The molecular formula is C17H15NO3. The molecule has 4 nitrogen and oxygen atoms in total. The number of carbonyl (C=O) groups is 1. The highest BCUT2D eigenvalue weighted by Crippen LogP contribution is 2.27. The molecule has 1 N–H and O–H groups in total. The van der Waals surface area contributed by atoms with Crippen molar-refractivity contribution in [1.82, 2.24) is 4.98 Å². The standard InChI is InChI=1S/C17H15NO3/c1-11-3-2-4-13(7-11)21-10-12-8-15-14(17(19)20)5-6-18-16(15)9-12/h2-7,9H,8,10H2,1H3,(H,19,20). The number of aryl methyl sites for hydroxylation is 1. The Bertz CT molecular complexity index is 735. The second kappa shape index (κ2) is 5.40. The first kappa shape index (κ1) is 13.4. The second-order valence-electron chi connectivity index (χ2n) is 5.11. The first-order valence-corrected chi connectivity index (χ1v) is 6.73. The van der Waals surface area contributed by atoms with E-state index in [1.807, 2.05) is 37.3 Å². The fourth-order valence-corrected chi connectivity index (χ4v) is 2.46. The minimum absolute atomic E-state index is 0.321. The fourth-order valence-electron chi connectivity index (χ4n) is 2.46. The van der Waals surface area contributed by atoms with E-state index in [0.29, 0.717) is 18.6 Å². The van der Waals surface area contributed by atoms with Crippen molar-refractivity contribution in [2.75, 3.05) is 6.61 Å². The van der Waals surface area contributed by atoms with Crippen molar-refractivity contribution in [2.24, 2.45) is 0 Å². The smallest absolute Gasteiger partial charge is 0.336 e. The summed E-state index contributed by atoms with van der Waals surface area (Å²) in [7, 11) is 0. The number of pyridine rings is 1. The van der Waals surface area contributed by atoms with Gasteiger partial charge in [0.05, 0.1) is 11.3 Å². The molecule has 1 aliphatic carbocycles. The molecule has 0 spiro atoms. The average Bonchev–Trinajstić information content (AvgIpc) is 2.87. The fraction of sp³-hybridized carbons (Fsp3) is 0.176. The van der Waals surface area contributed by atoms with E-state index in [1.54, 1.807) is 6.07 Å². The van der Waals surface area contributed by atoms with Crippen LogP contribution in [0.5, 0.6) is 5.75 Å². The molecule has 0 unspecified atom stereocenters. The number of ether oxygens (including phenoxy) is 1. The number of benzene rings is 1. The van der Waals surface area contributed by atoms with Crippen molar-refractivity contribution in [1.29, 1.82) is 0 Å². The Labute approximate surface area is 122 Å². The molecular weight excluding hydrogens is 266 g/mol. The van der Waals surface area contributed by atoms with E-state index in [0.717, 1.165) is 28.1 Å². The van der Waals surface area contributed by atoms with Gasteiger partial charge in [-0.05, 0) is 47.9 Å². The van der Waals surface area contributed by atoms with Crippen molar-refractivity contribution >= 4 is 12.0 Å². The Morgan fingerprint density at radius 2 is 2.24 bits per heavy atom. The summed E-state index contributed by atoms with van der Waals surface area (Å²) >= 11 is 0. The van der Waals surface area contributed by atoms with Crippen molar-refractivity contribution in [3.63, 3.8) is 0 Å². The van der Waals surface area contributed by atoms with Crippen molar-refractivity contribution < 1.29 is 14.6 Å². The molecule has 1 aliphatic rings. The van der Waals surface area contributed by atoms with E-state index in [4.69, 9.17) is 4.74 Å². The van der Waals surface area contributed by atoms with E-state index >= 15 is 0 Å². The number of nitrogens with zero attached hydrogens (tertiary/aromatic N) is 1. The van der Waals surface area contributed by atoms with Gasteiger partial charge in [-0.1, -0.05) is 12.1 Å². The van der Waals surface area contributed by atoms with E-state index in [-0.39, 0.29) is 0 Å². The summed E-state index contributed by atoms with van der Waals surface area (Å²) in [6.45, 7) is 2.46. The van der Waals surface area contributed by atoms with Gasteiger partial charge in [0.2, 0.25) is 0 Å². The quantitative estimate of drug-likeness (QED) is 0.935. The molecule has 1 aromatic heterocycles. The van der Waals surface area contributed by atoms with Crippen LogP contribution < -0.4 is 4.74 Å². The maximum Gasteiger partial charge on any atom is 0.336 e. The van der Waals surface area contributed by atoms with Crippen molar-refractivity contribution in [3.05, 3.63) is 64.5 Å². The summed E-state index contributed by atoms with van der Waals surface area (Å²) < 4.78 is 5.76. The average molecular weight is 281 g/mol. The first-order chi connectivity index (χ1) is 10.1. The predicted octanol–water partition coefficient (Wildman–Crippen LogP) is 3.11. The van der Waals surface area contributed by atoms with Gasteiger partial charge < -0.3 is 9.84 Å². The predicted molar refractivity (Wildman–Crippen MR) is 79.6 cm³/mol. The van der Waals surface area contributed by atoms with Gasteiger partial charge in [0.25, 0.3) is 0 Å². The van der Waals surface area contributed by atoms with E-state index in [2.05, 4.69) is 4.98 Å². The lowest BCUT2D eigenvalue weighted by atomic mass is 10.1. The zero-order valence-electron chi connectivity index (χ0n) is 11.7. The molecule has 0 fully saturated rings. The number of aromatic nitrogens is 1. The van der Waals surface area contributed by atoms with Crippen LogP contribution in [0, 0.1) is 6.92 Å². The Morgan fingerprint density at radius 3 is 3.00 bits per heavy atom.